The molecule has 0 unspecified atom stereocenters. The molecule has 0 radical (unpaired) electrons. The summed E-state index contributed by atoms with van der Waals surface area (Å²) in [5.74, 6) is 0.336. The summed E-state index contributed by atoms with van der Waals surface area (Å²) in [5, 5.41) is 3.96. The fraction of sp³-hybridized carbons (Fsp3) is 0.100. The van der Waals surface area contributed by atoms with Crippen LogP contribution in [-0.2, 0) is 4.79 Å². The SMILES string of the molecule is C[C@H](Oc1ccc(-c2ccccc2)cc1)C(=O)NN=Cc1ccc(Br)s1. The van der Waals surface area contributed by atoms with Crippen molar-refractivity contribution in [1.29, 1.82) is 0 Å². The van der Waals surface area contributed by atoms with Crippen LogP contribution < -0.4 is 10.2 Å². The minimum atomic E-state index is -0.648. The summed E-state index contributed by atoms with van der Waals surface area (Å²) in [4.78, 5) is 13.0. The molecule has 26 heavy (non-hydrogen) atoms. The van der Waals surface area contributed by atoms with Gasteiger partial charge >= 0.3 is 0 Å². The second-order valence-corrected chi connectivity index (χ2v) is 8.02. The van der Waals surface area contributed by atoms with Crippen LogP contribution >= 0.6 is 27.3 Å². The molecule has 2 aromatic carbocycles. The second kappa shape index (κ2) is 8.78. The van der Waals surface area contributed by atoms with E-state index in [4.69, 9.17) is 4.74 Å². The van der Waals surface area contributed by atoms with Crippen LogP contribution in [-0.4, -0.2) is 18.2 Å². The Balaban J connectivity index is 1.54. The predicted molar refractivity (Wildman–Crippen MR) is 110 cm³/mol. The van der Waals surface area contributed by atoms with Gasteiger partial charge in [0.2, 0.25) is 0 Å². The van der Waals surface area contributed by atoms with E-state index in [1.165, 1.54) is 11.3 Å². The number of hydrogen-bond donors (Lipinski definition) is 1. The van der Waals surface area contributed by atoms with Gasteiger partial charge < -0.3 is 4.74 Å². The average Bonchev–Trinajstić information content (AvgIpc) is 3.08. The van der Waals surface area contributed by atoms with Gasteiger partial charge in [-0.3, -0.25) is 4.79 Å². The van der Waals surface area contributed by atoms with E-state index in [0.717, 1.165) is 19.8 Å². The number of thiophene rings is 1. The number of hydrogen-bond acceptors (Lipinski definition) is 4. The van der Waals surface area contributed by atoms with Crippen LogP contribution in [0, 0.1) is 0 Å². The van der Waals surface area contributed by atoms with Crippen molar-refractivity contribution in [2.75, 3.05) is 0 Å². The number of carbonyl (C=O) groups excluding carboxylic acids is 1. The van der Waals surface area contributed by atoms with Crippen LogP contribution in [0.4, 0.5) is 0 Å². The Morgan fingerprint density at radius 2 is 1.77 bits per heavy atom. The summed E-state index contributed by atoms with van der Waals surface area (Å²) in [7, 11) is 0. The van der Waals surface area contributed by atoms with Crippen molar-refractivity contribution < 1.29 is 9.53 Å². The van der Waals surface area contributed by atoms with Crippen molar-refractivity contribution in [3.05, 3.63) is 75.4 Å². The van der Waals surface area contributed by atoms with Crippen LogP contribution in [0.3, 0.4) is 0 Å². The number of nitrogens with one attached hydrogen (secondary N) is 1. The molecule has 0 saturated heterocycles. The molecule has 0 aliphatic rings. The number of rotatable bonds is 6. The summed E-state index contributed by atoms with van der Waals surface area (Å²) in [6.45, 7) is 1.69. The average molecular weight is 429 g/mol. The minimum absolute atomic E-state index is 0.302. The Hall–Kier alpha value is -2.44. The number of hydrazone groups is 1. The summed E-state index contributed by atoms with van der Waals surface area (Å²) in [6.07, 6.45) is 0.958. The lowest BCUT2D eigenvalue weighted by molar-refractivity contribution is -0.127. The normalized spacial score (nSPS) is 12.1. The molecule has 6 heteroatoms. The van der Waals surface area contributed by atoms with Gasteiger partial charge in [0.15, 0.2) is 6.10 Å². The highest BCUT2D eigenvalue weighted by Gasteiger charge is 2.14. The van der Waals surface area contributed by atoms with Crippen LogP contribution in [0.5, 0.6) is 5.75 Å². The van der Waals surface area contributed by atoms with Crippen LogP contribution in [0.25, 0.3) is 11.1 Å². The van der Waals surface area contributed by atoms with E-state index in [1.54, 1.807) is 13.1 Å². The number of nitrogens with zero attached hydrogens (tertiary/aromatic N) is 1. The number of carbonyl (C=O) groups is 1. The second-order valence-electron chi connectivity index (χ2n) is 5.53. The zero-order valence-electron chi connectivity index (χ0n) is 14.1. The van der Waals surface area contributed by atoms with Crippen LogP contribution in [0.2, 0.25) is 0 Å². The number of halogens is 1. The lowest BCUT2D eigenvalue weighted by atomic mass is 10.1. The lowest BCUT2D eigenvalue weighted by Crippen LogP contribution is -2.33. The number of ether oxygens (including phenoxy) is 1. The smallest absolute Gasteiger partial charge is 0.280 e. The monoisotopic (exact) mass is 428 g/mol. The summed E-state index contributed by atoms with van der Waals surface area (Å²) < 4.78 is 6.70. The first-order valence-corrected chi connectivity index (χ1v) is 9.63. The molecule has 132 valence electrons. The van der Waals surface area contributed by atoms with E-state index < -0.39 is 6.10 Å². The Kier molecular flexibility index (Phi) is 6.20. The maximum atomic E-state index is 12.1. The van der Waals surface area contributed by atoms with Gasteiger partial charge in [-0.25, -0.2) is 5.43 Å². The molecule has 0 fully saturated rings. The fourth-order valence-electron chi connectivity index (χ4n) is 2.26. The van der Waals surface area contributed by atoms with Gasteiger partial charge in [-0.2, -0.15) is 5.10 Å². The van der Waals surface area contributed by atoms with Gasteiger partial charge in [-0.1, -0.05) is 42.5 Å². The first kappa shape index (κ1) is 18.4. The molecule has 1 heterocycles. The van der Waals surface area contributed by atoms with E-state index in [1.807, 2.05) is 54.6 Å². The Morgan fingerprint density at radius 1 is 1.08 bits per heavy atom. The van der Waals surface area contributed by atoms with Gasteiger partial charge in [0.05, 0.1) is 10.0 Å². The van der Waals surface area contributed by atoms with E-state index in [0.29, 0.717) is 5.75 Å². The number of amides is 1. The van der Waals surface area contributed by atoms with Gasteiger partial charge in [0.25, 0.3) is 5.91 Å². The maximum Gasteiger partial charge on any atom is 0.280 e. The minimum Gasteiger partial charge on any atom is -0.481 e. The highest BCUT2D eigenvalue weighted by molar-refractivity contribution is 9.11. The quantitative estimate of drug-likeness (QED) is 0.438. The largest absolute Gasteiger partial charge is 0.481 e. The summed E-state index contributed by atoms with van der Waals surface area (Å²) in [5.41, 5.74) is 4.73. The highest BCUT2D eigenvalue weighted by Crippen LogP contribution is 2.23. The Morgan fingerprint density at radius 3 is 2.42 bits per heavy atom. The Labute approximate surface area is 164 Å². The number of benzene rings is 2. The third-order valence-electron chi connectivity index (χ3n) is 3.60. The first-order chi connectivity index (χ1) is 12.6. The molecular weight excluding hydrogens is 412 g/mol. The fourth-order valence-corrected chi connectivity index (χ4v) is 3.56. The molecule has 0 aliphatic carbocycles. The third-order valence-corrected chi connectivity index (χ3v) is 5.16. The maximum absolute atomic E-state index is 12.1. The van der Waals surface area contributed by atoms with Crippen molar-refractivity contribution in [2.24, 2.45) is 5.10 Å². The molecule has 1 amide bonds. The molecule has 0 bridgehead atoms. The molecule has 0 saturated carbocycles. The van der Waals surface area contributed by atoms with Crippen molar-refractivity contribution in [3.8, 4) is 16.9 Å². The van der Waals surface area contributed by atoms with Crippen LogP contribution in [0.1, 0.15) is 11.8 Å². The Bertz CT molecular complexity index is 892. The predicted octanol–water partition coefficient (Wildman–Crippen LogP) is 5.10. The third kappa shape index (κ3) is 5.03. The standard InChI is InChI=1S/C20H17BrN2O2S/c1-14(20(24)23-22-13-18-11-12-19(21)26-18)25-17-9-7-16(8-10-17)15-5-3-2-4-6-15/h2-14H,1H3,(H,23,24)/t14-/m0/s1. The molecule has 0 aliphatic heterocycles. The van der Waals surface area contributed by atoms with E-state index >= 15 is 0 Å². The molecule has 0 spiro atoms. The van der Waals surface area contributed by atoms with Crippen molar-refractivity contribution >= 4 is 39.4 Å². The molecule has 1 atom stereocenters. The summed E-state index contributed by atoms with van der Waals surface area (Å²) >= 11 is 4.92. The summed E-state index contributed by atoms with van der Waals surface area (Å²) in [6, 6.07) is 21.6. The van der Waals surface area contributed by atoms with Gasteiger partial charge in [0.1, 0.15) is 5.75 Å². The topological polar surface area (TPSA) is 50.7 Å². The van der Waals surface area contributed by atoms with Crippen molar-refractivity contribution in [3.63, 3.8) is 0 Å². The molecular formula is C20H17BrN2O2S. The lowest BCUT2D eigenvalue weighted by Gasteiger charge is -2.13. The highest BCUT2D eigenvalue weighted by atomic mass is 79.9. The molecule has 4 nitrogen and oxygen atoms in total. The van der Waals surface area contributed by atoms with Crippen molar-refractivity contribution in [1.82, 2.24) is 5.43 Å². The van der Waals surface area contributed by atoms with E-state index in [2.05, 4.69) is 38.6 Å². The van der Waals surface area contributed by atoms with Gasteiger partial charge in [-0.15, -0.1) is 11.3 Å². The molecule has 1 aromatic heterocycles. The molecule has 3 rings (SSSR count). The van der Waals surface area contributed by atoms with Crippen LogP contribution in [0.15, 0.2) is 75.6 Å². The zero-order valence-corrected chi connectivity index (χ0v) is 16.5. The molecule has 3 aromatic rings. The van der Waals surface area contributed by atoms with Crippen molar-refractivity contribution in [2.45, 2.75) is 13.0 Å². The van der Waals surface area contributed by atoms with Gasteiger partial charge in [0, 0.05) is 4.88 Å². The molecule has 1 N–H and O–H groups in total. The van der Waals surface area contributed by atoms with E-state index in [-0.39, 0.29) is 5.91 Å². The van der Waals surface area contributed by atoms with E-state index in [9.17, 15) is 4.79 Å². The zero-order chi connectivity index (χ0) is 18.4. The van der Waals surface area contributed by atoms with Gasteiger partial charge in [-0.05, 0) is 58.2 Å². The first-order valence-electron chi connectivity index (χ1n) is 8.02.